The monoisotopic (exact) mass is 393 g/mol. The number of nitrogens with zero attached hydrogens (tertiary/aromatic N) is 4. The third-order valence-corrected chi connectivity index (χ3v) is 4.74. The quantitative estimate of drug-likeness (QED) is 0.697. The van der Waals surface area contributed by atoms with Gasteiger partial charge in [-0.15, -0.1) is 0 Å². The van der Waals surface area contributed by atoms with Crippen molar-refractivity contribution in [2.45, 2.75) is 25.2 Å². The van der Waals surface area contributed by atoms with Crippen molar-refractivity contribution in [2.75, 3.05) is 6.61 Å². The van der Waals surface area contributed by atoms with E-state index in [9.17, 15) is 12.8 Å². The number of hydrogen-bond acceptors (Lipinski definition) is 7. The van der Waals surface area contributed by atoms with E-state index >= 15 is 0 Å². The second kappa shape index (κ2) is 6.93. The van der Waals surface area contributed by atoms with Gasteiger partial charge in [-0.05, 0) is 25.0 Å². The van der Waals surface area contributed by atoms with E-state index in [2.05, 4.69) is 19.1 Å². The summed E-state index contributed by atoms with van der Waals surface area (Å²) < 4.78 is 47.5. The van der Waals surface area contributed by atoms with Crippen molar-refractivity contribution in [1.82, 2.24) is 19.5 Å². The number of halogens is 1. The molecule has 27 heavy (non-hydrogen) atoms. The highest BCUT2D eigenvalue weighted by Crippen LogP contribution is 2.32. The molecular formula is C16H16FN5O4S. The summed E-state index contributed by atoms with van der Waals surface area (Å²) in [5, 5.41) is 4.84. The molecule has 4 rings (SSSR count). The largest absolute Gasteiger partial charge is 0.352 e. The second-order valence-electron chi connectivity index (χ2n) is 6.12. The lowest BCUT2D eigenvalue weighted by Gasteiger charge is -2.15. The molecule has 142 valence electrons. The first kappa shape index (κ1) is 17.9. The lowest BCUT2D eigenvalue weighted by Crippen LogP contribution is -2.23. The van der Waals surface area contributed by atoms with Gasteiger partial charge >= 0.3 is 10.3 Å². The van der Waals surface area contributed by atoms with E-state index in [-0.39, 0.29) is 18.7 Å². The summed E-state index contributed by atoms with van der Waals surface area (Å²) in [4.78, 5) is 12.9. The number of imidazole rings is 1. The molecule has 9 nitrogen and oxygen atoms in total. The Morgan fingerprint density at radius 2 is 2.15 bits per heavy atom. The first-order chi connectivity index (χ1) is 12.9. The van der Waals surface area contributed by atoms with E-state index in [1.807, 2.05) is 0 Å². The molecule has 0 aliphatic carbocycles. The van der Waals surface area contributed by atoms with E-state index in [4.69, 9.17) is 9.88 Å². The predicted octanol–water partition coefficient (Wildman–Crippen LogP) is 1.53. The van der Waals surface area contributed by atoms with Gasteiger partial charge in [0, 0.05) is 5.56 Å². The minimum Gasteiger partial charge on any atom is -0.352 e. The maximum Gasteiger partial charge on any atom is 0.333 e. The van der Waals surface area contributed by atoms with E-state index in [0.717, 1.165) is 0 Å². The van der Waals surface area contributed by atoms with E-state index in [1.54, 1.807) is 23.0 Å². The Morgan fingerprint density at radius 3 is 2.93 bits per heavy atom. The van der Waals surface area contributed by atoms with Gasteiger partial charge in [0.25, 0.3) is 0 Å². The van der Waals surface area contributed by atoms with Crippen molar-refractivity contribution >= 4 is 21.5 Å². The van der Waals surface area contributed by atoms with Gasteiger partial charge in [-0.3, -0.25) is 8.75 Å². The summed E-state index contributed by atoms with van der Waals surface area (Å²) in [6.45, 7) is -0.147. The van der Waals surface area contributed by atoms with E-state index in [0.29, 0.717) is 35.3 Å². The minimum absolute atomic E-state index is 0.147. The molecule has 1 aliphatic heterocycles. The lowest BCUT2D eigenvalue weighted by molar-refractivity contribution is -0.0149. The fourth-order valence-electron chi connectivity index (χ4n) is 3.09. The van der Waals surface area contributed by atoms with Crippen LogP contribution in [0, 0.1) is 5.82 Å². The molecule has 0 unspecified atom stereocenters. The summed E-state index contributed by atoms with van der Waals surface area (Å²) in [5.74, 6) is -0.365. The molecule has 3 heterocycles. The van der Waals surface area contributed by atoms with Gasteiger partial charge < -0.3 is 4.74 Å². The maximum atomic E-state index is 13.6. The van der Waals surface area contributed by atoms with Crippen LogP contribution < -0.4 is 5.14 Å². The van der Waals surface area contributed by atoms with Crippen LogP contribution in [-0.4, -0.2) is 40.6 Å². The van der Waals surface area contributed by atoms with Crippen LogP contribution in [0.2, 0.25) is 0 Å². The van der Waals surface area contributed by atoms with Gasteiger partial charge in [-0.25, -0.2) is 24.5 Å². The molecular weight excluding hydrogens is 377 g/mol. The Balaban J connectivity index is 1.60. The molecule has 1 fully saturated rings. The Labute approximate surface area is 154 Å². The highest BCUT2D eigenvalue weighted by atomic mass is 32.2. The molecule has 2 N–H and O–H groups in total. The average Bonchev–Trinajstić information content (AvgIpc) is 3.25. The van der Waals surface area contributed by atoms with Gasteiger partial charge in [0.05, 0.1) is 19.0 Å². The zero-order chi connectivity index (χ0) is 19.0. The zero-order valence-electron chi connectivity index (χ0n) is 14.0. The van der Waals surface area contributed by atoms with Crippen LogP contribution in [0.25, 0.3) is 22.4 Å². The van der Waals surface area contributed by atoms with Crippen LogP contribution in [0.5, 0.6) is 0 Å². The fraction of sp³-hybridized carbons (Fsp3) is 0.312. The zero-order valence-corrected chi connectivity index (χ0v) is 14.8. The molecule has 0 bridgehead atoms. The Morgan fingerprint density at radius 1 is 1.30 bits per heavy atom. The molecule has 0 saturated carbocycles. The summed E-state index contributed by atoms with van der Waals surface area (Å²) in [5.41, 5.74) is 2.18. The van der Waals surface area contributed by atoms with Gasteiger partial charge in [0.15, 0.2) is 5.65 Å². The third-order valence-electron chi connectivity index (χ3n) is 4.27. The Hall–Kier alpha value is -2.47. The van der Waals surface area contributed by atoms with Crippen molar-refractivity contribution in [2.24, 2.45) is 5.14 Å². The third kappa shape index (κ3) is 3.81. The number of rotatable bonds is 5. The van der Waals surface area contributed by atoms with E-state index in [1.165, 1.54) is 18.5 Å². The number of ether oxygens (including phenoxy) is 1. The average molecular weight is 393 g/mol. The van der Waals surface area contributed by atoms with Crippen LogP contribution in [0.15, 0.2) is 36.9 Å². The predicted molar refractivity (Wildman–Crippen MR) is 92.9 cm³/mol. The number of fused-ring (bicyclic) bond motifs is 1. The van der Waals surface area contributed by atoms with Gasteiger partial charge in [-0.2, -0.15) is 8.42 Å². The maximum absolute atomic E-state index is 13.6. The molecule has 2 atom stereocenters. The Bertz CT molecular complexity index is 1090. The number of aromatic nitrogens is 4. The van der Waals surface area contributed by atoms with Crippen molar-refractivity contribution in [3.8, 4) is 11.3 Å². The molecule has 0 amide bonds. The topological polar surface area (TPSA) is 122 Å². The summed E-state index contributed by atoms with van der Waals surface area (Å²) in [7, 11) is -4.01. The van der Waals surface area contributed by atoms with Crippen LogP contribution in [0.1, 0.15) is 19.1 Å². The van der Waals surface area contributed by atoms with Gasteiger partial charge in [0.1, 0.15) is 29.6 Å². The standard InChI is InChI=1S/C16H16FN5O4S/c17-11-3-1-2-10(6-11)14-15-16(20-8-19-14)22(9-21-15)13-5-4-12(26-13)7-25-27(18,23)24/h1-3,6,8-9,12-13H,4-5,7H2,(H2,18,23,24)/t12-,13+/m0/s1. The number of nitrogens with two attached hydrogens (primary N) is 1. The summed E-state index contributed by atoms with van der Waals surface area (Å²) in [6.07, 6.45) is 3.41. The molecule has 1 aromatic carbocycles. The molecule has 11 heteroatoms. The van der Waals surface area contributed by atoms with Crippen LogP contribution in [0.4, 0.5) is 4.39 Å². The summed E-state index contributed by atoms with van der Waals surface area (Å²) >= 11 is 0. The van der Waals surface area contributed by atoms with Crippen molar-refractivity contribution in [3.63, 3.8) is 0 Å². The fourth-order valence-corrected chi connectivity index (χ4v) is 3.44. The van der Waals surface area contributed by atoms with Gasteiger partial charge in [0.2, 0.25) is 0 Å². The smallest absolute Gasteiger partial charge is 0.333 e. The highest BCUT2D eigenvalue weighted by molar-refractivity contribution is 7.84. The molecule has 0 spiro atoms. The lowest BCUT2D eigenvalue weighted by atomic mass is 10.1. The number of hydrogen-bond donors (Lipinski definition) is 1. The molecule has 1 aliphatic rings. The van der Waals surface area contributed by atoms with Gasteiger partial charge in [-0.1, -0.05) is 12.1 Å². The summed E-state index contributed by atoms with van der Waals surface area (Å²) in [6, 6.07) is 6.09. The first-order valence-corrected chi connectivity index (χ1v) is 9.64. The van der Waals surface area contributed by atoms with Crippen molar-refractivity contribution in [1.29, 1.82) is 0 Å². The van der Waals surface area contributed by atoms with Crippen LogP contribution in [-0.2, 0) is 19.2 Å². The molecule has 2 aromatic heterocycles. The number of benzene rings is 1. The van der Waals surface area contributed by atoms with Crippen molar-refractivity contribution < 1.29 is 21.7 Å². The molecule has 0 radical (unpaired) electrons. The second-order valence-corrected chi connectivity index (χ2v) is 7.35. The van der Waals surface area contributed by atoms with Crippen molar-refractivity contribution in [3.05, 3.63) is 42.7 Å². The van der Waals surface area contributed by atoms with Crippen LogP contribution >= 0.6 is 0 Å². The Kier molecular flexibility index (Phi) is 4.60. The normalized spacial score (nSPS) is 20.4. The molecule has 3 aromatic rings. The first-order valence-electron chi connectivity index (χ1n) is 8.17. The van der Waals surface area contributed by atoms with Crippen LogP contribution in [0.3, 0.4) is 0 Å². The minimum atomic E-state index is -4.01. The molecule has 1 saturated heterocycles. The van der Waals surface area contributed by atoms with E-state index < -0.39 is 16.4 Å². The SMILES string of the molecule is NS(=O)(=O)OC[C@@H]1CC[C@H](n2cnc3c(-c4cccc(F)c4)ncnc32)O1. The highest BCUT2D eigenvalue weighted by Gasteiger charge is 2.29.